The first kappa shape index (κ1) is 13.0. The summed E-state index contributed by atoms with van der Waals surface area (Å²) in [6.07, 6.45) is 1.28. The molecular formula is C8H22NP. The van der Waals surface area contributed by atoms with Crippen LogP contribution in [0.2, 0.25) is 0 Å². The van der Waals surface area contributed by atoms with Crippen molar-refractivity contribution >= 4 is 9.24 Å². The summed E-state index contributed by atoms with van der Waals surface area (Å²) in [6, 6.07) is 0. The van der Waals surface area contributed by atoms with Gasteiger partial charge in [-0.15, -0.1) is 9.24 Å². The molecule has 1 unspecified atom stereocenters. The molecule has 0 N–H and O–H groups in total. The zero-order valence-corrected chi connectivity index (χ0v) is 9.01. The van der Waals surface area contributed by atoms with E-state index in [1.54, 1.807) is 0 Å². The lowest BCUT2D eigenvalue weighted by atomic mass is 10.4. The zero-order valence-electron chi connectivity index (χ0n) is 7.85. The Morgan fingerprint density at radius 3 is 1.50 bits per heavy atom. The lowest BCUT2D eigenvalue weighted by Gasteiger charge is -2.15. The Hall–Kier alpha value is 0.390. The molecule has 0 rings (SSSR count). The number of nitrogens with zero attached hydrogens (tertiary/aromatic N) is 1. The van der Waals surface area contributed by atoms with Gasteiger partial charge in [-0.25, -0.2) is 0 Å². The highest BCUT2D eigenvalue weighted by Gasteiger charge is 1.92. The molecule has 1 nitrogen and oxygen atoms in total. The van der Waals surface area contributed by atoms with E-state index in [9.17, 15) is 0 Å². The summed E-state index contributed by atoms with van der Waals surface area (Å²) in [7, 11) is 2.42. The molecule has 0 aromatic carbocycles. The average Bonchev–Trinajstić information content (AvgIpc) is 2.04. The van der Waals surface area contributed by atoms with Crippen molar-refractivity contribution in [2.75, 3.05) is 26.3 Å². The van der Waals surface area contributed by atoms with Crippen molar-refractivity contribution in [2.24, 2.45) is 0 Å². The van der Waals surface area contributed by atoms with Gasteiger partial charge in [-0.3, -0.25) is 0 Å². The molecule has 0 fully saturated rings. The van der Waals surface area contributed by atoms with E-state index >= 15 is 0 Å². The van der Waals surface area contributed by atoms with Gasteiger partial charge in [-0.05, 0) is 26.1 Å². The standard InChI is InChI=1S/C7H17N.CH5P/c1-4-7-8(5-2)6-3;1-2/h4-7H2,1-3H3;2H2,1H3. The monoisotopic (exact) mass is 163 g/mol. The average molecular weight is 163 g/mol. The second-order valence-electron chi connectivity index (χ2n) is 2.03. The van der Waals surface area contributed by atoms with Gasteiger partial charge in [0.2, 0.25) is 0 Å². The molecule has 1 atom stereocenters. The Morgan fingerprint density at radius 2 is 1.40 bits per heavy atom. The largest absolute Gasteiger partial charge is 0.304 e. The summed E-state index contributed by atoms with van der Waals surface area (Å²) in [4.78, 5) is 2.43. The quantitative estimate of drug-likeness (QED) is 0.574. The molecule has 0 saturated heterocycles. The van der Waals surface area contributed by atoms with Crippen molar-refractivity contribution in [2.45, 2.75) is 27.2 Å². The normalized spacial score (nSPS) is 9.00. The van der Waals surface area contributed by atoms with Gasteiger partial charge in [0.1, 0.15) is 0 Å². The van der Waals surface area contributed by atoms with Crippen molar-refractivity contribution in [1.82, 2.24) is 4.90 Å². The maximum absolute atomic E-state index is 2.43. The fourth-order valence-electron chi connectivity index (χ4n) is 0.856. The van der Waals surface area contributed by atoms with Crippen molar-refractivity contribution in [1.29, 1.82) is 0 Å². The second kappa shape index (κ2) is 12.1. The van der Waals surface area contributed by atoms with Gasteiger partial charge >= 0.3 is 0 Å². The first-order valence-corrected chi connectivity index (χ1v) is 5.30. The summed E-state index contributed by atoms with van der Waals surface area (Å²) in [5.74, 6) is 0. The Labute approximate surface area is 68.4 Å². The third-order valence-corrected chi connectivity index (χ3v) is 1.43. The predicted octanol–water partition coefficient (Wildman–Crippen LogP) is 2.23. The van der Waals surface area contributed by atoms with Crippen molar-refractivity contribution < 1.29 is 0 Å². The molecule has 0 aliphatic rings. The molecule has 0 aromatic rings. The molecule has 0 heterocycles. The van der Waals surface area contributed by atoms with E-state index in [0.29, 0.717) is 0 Å². The molecule has 0 aliphatic heterocycles. The van der Waals surface area contributed by atoms with E-state index < -0.39 is 0 Å². The molecule has 0 aromatic heterocycles. The van der Waals surface area contributed by atoms with Crippen LogP contribution in [0.4, 0.5) is 0 Å². The summed E-state index contributed by atoms with van der Waals surface area (Å²) >= 11 is 0. The third-order valence-electron chi connectivity index (χ3n) is 1.43. The summed E-state index contributed by atoms with van der Waals surface area (Å²) < 4.78 is 0. The molecule has 64 valence electrons. The number of hydrogen-bond donors (Lipinski definition) is 0. The Morgan fingerprint density at radius 1 is 1.00 bits per heavy atom. The first-order chi connectivity index (χ1) is 4.85. The van der Waals surface area contributed by atoms with E-state index in [-0.39, 0.29) is 0 Å². The van der Waals surface area contributed by atoms with Gasteiger partial charge in [0.25, 0.3) is 0 Å². The SMILES string of the molecule is CCCN(CC)CC.CP. The molecule has 0 spiro atoms. The van der Waals surface area contributed by atoms with Gasteiger partial charge in [0.05, 0.1) is 0 Å². The van der Waals surface area contributed by atoms with Crippen LogP contribution in [0.1, 0.15) is 27.2 Å². The molecule has 0 bridgehead atoms. The van der Waals surface area contributed by atoms with Crippen LogP contribution in [0.3, 0.4) is 0 Å². The molecular weight excluding hydrogens is 141 g/mol. The topological polar surface area (TPSA) is 3.24 Å². The van der Waals surface area contributed by atoms with Gasteiger partial charge in [0.15, 0.2) is 0 Å². The minimum absolute atomic E-state index is 1.20. The smallest absolute Gasteiger partial charge is 0.00216 e. The maximum Gasteiger partial charge on any atom is -0.00216 e. The molecule has 0 radical (unpaired) electrons. The molecule has 10 heavy (non-hydrogen) atoms. The molecule has 0 amide bonds. The molecule has 0 aliphatic carbocycles. The highest BCUT2D eigenvalue weighted by Crippen LogP contribution is 1.87. The minimum Gasteiger partial charge on any atom is -0.304 e. The summed E-state index contributed by atoms with van der Waals surface area (Å²) in [5.41, 5.74) is 0. The van der Waals surface area contributed by atoms with Crippen LogP contribution < -0.4 is 0 Å². The lowest BCUT2D eigenvalue weighted by molar-refractivity contribution is 0.304. The van der Waals surface area contributed by atoms with Gasteiger partial charge < -0.3 is 4.90 Å². The lowest BCUT2D eigenvalue weighted by Crippen LogP contribution is -2.23. The summed E-state index contributed by atoms with van der Waals surface area (Å²) in [6.45, 7) is 12.2. The van der Waals surface area contributed by atoms with E-state index in [0.717, 1.165) is 0 Å². The van der Waals surface area contributed by atoms with Crippen molar-refractivity contribution in [3.05, 3.63) is 0 Å². The Kier molecular flexibility index (Phi) is 15.8. The van der Waals surface area contributed by atoms with Gasteiger partial charge in [-0.2, -0.15) is 0 Å². The fourth-order valence-corrected chi connectivity index (χ4v) is 0.856. The predicted molar refractivity (Wildman–Crippen MR) is 53.7 cm³/mol. The molecule has 0 saturated carbocycles. The van der Waals surface area contributed by atoms with E-state index in [4.69, 9.17) is 0 Å². The maximum atomic E-state index is 2.43. The van der Waals surface area contributed by atoms with Crippen molar-refractivity contribution in [3.63, 3.8) is 0 Å². The Bertz CT molecular complexity index is 44.5. The van der Waals surface area contributed by atoms with E-state index in [1.165, 1.54) is 26.1 Å². The highest BCUT2D eigenvalue weighted by atomic mass is 31.0. The highest BCUT2D eigenvalue weighted by molar-refractivity contribution is 7.15. The van der Waals surface area contributed by atoms with Crippen LogP contribution >= 0.6 is 9.24 Å². The van der Waals surface area contributed by atoms with Crippen LogP contribution in [-0.2, 0) is 0 Å². The first-order valence-electron chi connectivity index (χ1n) is 4.15. The second-order valence-corrected chi connectivity index (χ2v) is 2.03. The Balaban J connectivity index is 0. The van der Waals surface area contributed by atoms with Crippen LogP contribution in [0.25, 0.3) is 0 Å². The van der Waals surface area contributed by atoms with Gasteiger partial charge in [-0.1, -0.05) is 27.4 Å². The van der Waals surface area contributed by atoms with E-state index in [2.05, 4.69) is 34.9 Å². The van der Waals surface area contributed by atoms with E-state index in [1.807, 2.05) is 6.66 Å². The van der Waals surface area contributed by atoms with Crippen LogP contribution in [0.15, 0.2) is 0 Å². The van der Waals surface area contributed by atoms with Crippen LogP contribution in [-0.4, -0.2) is 31.2 Å². The van der Waals surface area contributed by atoms with Gasteiger partial charge in [0, 0.05) is 0 Å². The van der Waals surface area contributed by atoms with Crippen LogP contribution in [0.5, 0.6) is 0 Å². The fraction of sp³-hybridized carbons (Fsp3) is 1.00. The number of rotatable bonds is 4. The third kappa shape index (κ3) is 8.39. The van der Waals surface area contributed by atoms with Crippen LogP contribution in [0, 0.1) is 0 Å². The molecule has 2 heteroatoms. The summed E-state index contributed by atoms with van der Waals surface area (Å²) in [5, 5.41) is 0. The zero-order chi connectivity index (χ0) is 8.41. The number of hydrogen-bond acceptors (Lipinski definition) is 1. The minimum atomic E-state index is 1.20. The van der Waals surface area contributed by atoms with Crippen molar-refractivity contribution in [3.8, 4) is 0 Å².